The molecule has 0 unspecified atom stereocenters. The van der Waals surface area contributed by atoms with Gasteiger partial charge in [0, 0.05) is 17.0 Å². The number of carbonyl (C=O) groups excluding carboxylic acids is 1. The third-order valence-corrected chi connectivity index (χ3v) is 2.47. The molecule has 1 aromatic carbocycles. The van der Waals surface area contributed by atoms with Crippen LogP contribution in [0.15, 0.2) is 36.4 Å². The highest BCUT2D eigenvalue weighted by Gasteiger charge is 2.14. The van der Waals surface area contributed by atoms with E-state index < -0.39 is 4.92 Å². The van der Waals surface area contributed by atoms with Crippen molar-refractivity contribution >= 4 is 28.3 Å². The van der Waals surface area contributed by atoms with Gasteiger partial charge in [-0.3, -0.25) is 14.9 Å². The lowest BCUT2D eigenvalue weighted by Crippen LogP contribution is -2.11. The number of fused-ring (bicyclic) bond motifs is 1. The minimum atomic E-state index is -0.469. The average molecular weight is 245 g/mol. The van der Waals surface area contributed by atoms with E-state index in [1.807, 2.05) is 0 Å². The van der Waals surface area contributed by atoms with Crippen LogP contribution in [0, 0.1) is 10.1 Å². The van der Waals surface area contributed by atoms with Crippen molar-refractivity contribution in [3.63, 3.8) is 0 Å². The fraction of sp³-hybridized carbons (Fsp3) is 0.0833. The maximum Gasteiger partial charge on any atom is 0.293 e. The van der Waals surface area contributed by atoms with E-state index in [0.717, 1.165) is 0 Å². The Balaban J connectivity index is 2.44. The number of para-hydroxylation sites is 1. The van der Waals surface area contributed by atoms with Crippen molar-refractivity contribution in [1.29, 1.82) is 0 Å². The first-order valence-corrected chi connectivity index (χ1v) is 5.22. The lowest BCUT2D eigenvalue weighted by Gasteiger charge is -2.00. The van der Waals surface area contributed by atoms with Crippen LogP contribution in [0.25, 0.3) is 10.9 Å². The van der Waals surface area contributed by atoms with Gasteiger partial charge in [-0.2, -0.15) is 0 Å². The summed E-state index contributed by atoms with van der Waals surface area (Å²) >= 11 is 0. The van der Waals surface area contributed by atoms with Crippen LogP contribution < -0.4 is 5.32 Å². The van der Waals surface area contributed by atoms with E-state index in [9.17, 15) is 14.9 Å². The van der Waals surface area contributed by atoms with Gasteiger partial charge in [0.05, 0.1) is 4.92 Å². The number of aromatic nitrogens is 1. The highest BCUT2D eigenvalue weighted by atomic mass is 16.6. The molecule has 0 atom stereocenters. The van der Waals surface area contributed by atoms with Gasteiger partial charge in [0.2, 0.25) is 0 Å². The number of nitro benzene ring substituents is 1. The van der Waals surface area contributed by atoms with E-state index in [2.05, 4.69) is 16.9 Å². The Bertz CT molecular complexity index is 658. The first-order valence-electron chi connectivity index (χ1n) is 5.22. The zero-order valence-electron chi connectivity index (χ0n) is 9.69. The normalized spacial score (nSPS) is 10.3. The van der Waals surface area contributed by atoms with Gasteiger partial charge in [0.1, 0.15) is 11.3 Å². The number of rotatable bonds is 3. The average Bonchev–Trinajstić information content (AvgIpc) is 2.70. The minimum Gasteiger partial charge on any atom is -0.336 e. The van der Waals surface area contributed by atoms with E-state index in [0.29, 0.717) is 22.3 Å². The highest BCUT2D eigenvalue weighted by molar-refractivity contribution is 6.04. The predicted molar refractivity (Wildman–Crippen MR) is 68.4 cm³/mol. The number of anilines is 1. The SMILES string of the molecule is C=C(C)C(=O)Nc1cc2cccc([N+](=O)[O-])c2[nH]1. The Morgan fingerprint density at radius 2 is 2.22 bits per heavy atom. The van der Waals surface area contributed by atoms with E-state index in [-0.39, 0.29) is 11.6 Å². The third-order valence-electron chi connectivity index (χ3n) is 2.47. The number of hydrogen-bond acceptors (Lipinski definition) is 3. The topological polar surface area (TPSA) is 88.0 Å². The van der Waals surface area contributed by atoms with Gasteiger partial charge in [-0.25, -0.2) is 0 Å². The summed E-state index contributed by atoms with van der Waals surface area (Å²) in [5.74, 6) is 0.0801. The summed E-state index contributed by atoms with van der Waals surface area (Å²) < 4.78 is 0. The molecular formula is C12H11N3O3. The molecule has 0 bridgehead atoms. The molecule has 0 radical (unpaired) electrons. The third kappa shape index (κ3) is 2.08. The smallest absolute Gasteiger partial charge is 0.293 e. The molecule has 0 saturated heterocycles. The summed E-state index contributed by atoms with van der Waals surface area (Å²) in [5, 5.41) is 14.1. The molecule has 2 aromatic rings. The fourth-order valence-electron chi connectivity index (χ4n) is 1.59. The predicted octanol–water partition coefficient (Wildman–Crippen LogP) is 2.59. The molecule has 0 aliphatic rings. The highest BCUT2D eigenvalue weighted by Crippen LogP contribution is 2.27. The number of aromatic amines is 1. The maximum atomic E-state index is 11.4. The molecule has 0 aliphatic heterocycles. The molecule has 0 spiro atoms. The van der Waals surface area contributed by atoms with E-state index in [1.54, 1.807) is 25.1 Å². The number of nitrogens with one attached hydrogen (secondary N) is 2. The molecule has 92 valence electrons. The van der Waals surface area contributed by atoms with Crippen molar-refractivity contribution < 1.29 is 9.72 Å². The molecule has 6 nitrogen and oxygen atoms in total. The molecule has 2 N–H and O–H groups in total. The van der Waals surface area contributed by atoms with Crippen LogP contribution in [0.5, 0.6) is 0 Å². The van der Waals surface area contributed by atoms with Crippen molar-refractivity contribution in [2.75, 3.05) is 5.32 Å². The maximum absolute atomic E-state index is 11.4. The molecule has 0 saturated carbocycles. The number of nitrogens with zero attached hydrogens (tertiary/aromatic N) is 1. The van der Waals surface area contributed by atoms with Crippen molar-refractivity contribution in [2.24, 2.45) is 0 Å². The second-order valence-electron chi connectivity index (χ2n) is 3.92. The summed E-state index contributed by atoms with van der Waals surface area (Å²) in [6, 6.07) is 6.38. The van der Waals surface area contributed by atoms with Crippen molar-refractivity contribution in [3.8, 4) is 0 Å². The monoisotopic (exact) mass is 245 g/mol. The molecule has 0 fully saturated rings. The fourth-order valence-corrected chi connectivity index (χ4v) is 1.59. The van der Waals surface area contributed by atoms with Crippen LogP contribution in [0.4, 0.5) is 11.5 Å². The van der Waals surface area contributed by atoms with E-state index >= 15 is 0 Å². The molecule has 0 aliphatic carbocycles. The van der Waals surface area contributed by atoms with Crippen LogP contribution in [0.1, 0.15) is 6.92 Å². The molecule has 2 rings (SSSR count). The van der Waals surface area contributed by atoms with Crippen LogP contribution in [-0.2, 0) is 4.79 Å². The molecule has 1 heterocycles. The second kappa shape index (κ2) is 4.33. The lowest BCUT2D eigenvalue weighted by atomic mass is 10.2. The Morgan fingerprint density at radius 1 is 1.50 bits per heavy atom. The van der Waals surface area contributed by atoms with Gasteiger partial charge >= 0.3 is 0 Å². The first-order chi connectivity index (χ1) is 8.49. The van der Waals surface area contributed by atoms with Gasteiger partial charge in [-0.1, -0.05) is 18.7 Å². The number of non-ortho nitro benzene ring substituents is 1. The van der Waals surface area contributed by atoms with Gasteiger partial charge in [0.25, 0.3) is 11.6 Å². The van der Waals surface area contributed by atoms with Gasteiger partial charge in [-0.05, 0) is 13.0 Å². The van der Waals surface area contributed by atoms with Crippen molar-refractivity contribution in [3.05, 3.63) is 46.5 Å². The molecular weight excluding hydrogens is 234 g/mol. The zero-order chi connectivity index (χ0) is 13.3. The Kier molecular flexibility index (Phi) is 2.85. The summed E-state index contributed by atoms with van der Waals surface area (Å²) in [4.78, 5) is 24.6. The van der Waals surface area contributed by atoms with Gasteiger partial charge in [-0.15, -0.1) is 0 Å². The Morgan fingerprint density at radius 3 is 2.83 bits per heavy atom. The van der Waals surface area contributed by atoms with Crippen LogP contribution in [0.3, 0.4) is 0 Å². The summed E-state index contributed by atoms with van der Waals surface area (Å²) in [7, 11) is 0. The number of carbonyl (C=O) groups is 1. The standard InChI is InChI=1S/C12H11N3O3/c1-7(2)12(16)14-10-6-8-4-3-5-9(15(17)18)11(8)13-10/h3-6,13H,1H2,2H3,(H,14,16). The van der Waals surface area contributed by atoms with E-state index in [1.165, 1.54) is 6.07 Å². The second-order valence-corrected chi connectivity index (χ2v) is 3.92. The molecule has 1 aromatic heterocycles. The van der Waals surface area contributed by atoms with Gasteiger partial charge < -0.3 is 10.3 Å². The number of H-pyrrole nitrogens is 1. The number of nitro groups is 1. The molecule has 1 amide bonds. The molecule has 18 heavy (non-hydrogen) atoms. The van der Waals surface area contributed by atoms with Crippen LogP contribution >= 0.6 is 0 Å². The summed E-state index contributed by atoms with van der Waals surface area (Å²) in [6.45, 7) is 5.10. The Labute approximate surface area is 102 Å². The molecule has 6 heteroatoms. The van der Waals surface area contributed by atoms with Gasteiger partial charge in [0.15, 0.2) is 0 Å². The largest absolute Gasteiger partial charge is 0.336 e. The lowest BCUT2D eigenvalue weighted by molar-refractivity contribution is -0.383. The number of benzene rings is 1. The zero-order valence-corrected chi connectivity index (χ0v) is 9.69. The van der Waals surface area contributed by atoms with Crippen LogP contribution in [0.2, 0.25) is 0 Å². The number of hydrogen-bond donors (Lipinski definition) is 2. The Hall–Kier alpha value is -2.63. The minimum absolute atomic E-state index is 0.0247. The summed E-state index contributed by atoms with van der Waals surface area (Å²) in [6.07, 6.45) is 0. The first kappa shape index (κ1) is 11.8. The van der Waals surface area contributed by atoms with E-state index in [4.69, 9.17) is 0 Å². The quantitative estimate of drug-likeness (QED) is 0.495. The van der Waals surface area contributed by atoms with Crippen molar-refractivity contribution in [1.82, 2.24) is 4.98 Å². The van der Waals surface area contributed by atoms with Crippen LogP contribution in [-0.4, -0.2) is 15.8 Å². The summed E-state index contributed by atoms with van der Waals surface area (Å²) in [5.41, 5.74) is 0.728. The number of amides is 1. The van der Waals surface area contributed by atoms with Crippen molar-refractivity contribution in [2.45, 2.75) is 6.92 Å².